The van der Waals surface area contributed by atoms with Gasteiger partial charge in [0.05, 0.1) is 0 Å². The lowest BCUT2D eigenvalue weighted by molar-refractivity contribution is 0.136. The van der Waals surface area contributed by atoms with Gasteiger partial charge in [-0.2, -0.15) is 11.3 Å². The second kappa shape index (κ2) is 6.85. The average Bonchev–Trinajstić information content (AvgIpc) is 2.94. The van der Waals surface area contributed by atoms with Crippen LogP contribution in [0.5, 0.6) is 0 Å². The monoisotopic (exact) mass is 352 g/mol. The van der Waals surface area contributed by atoms with Crippen molar-refractivity contribution in [2.24, 2.45) is 5.73 Å². The van der Waals surface area contributed by atoms with Crippen LogP contribution in [0.4, 0.5) is 0 Å². The lowest BCUT2D eigenvalue weighted by atomic mass is 9.91. The highest BCUT2D eigenvalue weighted by Crippen LogP contribution is 2.22. The first kappa shape index (κ1) is 15.7. The second-order valence-corrected chi connectivity index (χ2v) is 7.19. The third kappa shape index (κ3) is 3.92. The van der Waals surface area contributed by atoms with Gasteiger partial charge in [0, 0.05) is 23.1 Å². The Bertz CT molecular complexity index is 524. The lowest BCUT2D eigenvalue weighted by Crippen LogP contribution is -2.50. The highest BCUT2D eigenvalue weighted by molar-refractivity contribution is 9.10. The first-order valence-corrected chi connectivity index (χ1v) is 8.44. The van der Waals surface area contributed by atoms with E-state index < -0.39 is 0 Å². The van der Waals surface area contributed by atoms with Gasteiger partial charge in [-0.3, -0.25) is 4.90 Å². The Balaban J connectivity index is 2.09. The first-order chi connectivity index (χ1) is 9.53. The van der Waals surface area contributed by atoms with Crippen molar-refractivity contribution in [2.75, 3.05) is 13.6 Å². The van der Waals surface area contributed by atoms with Gasteiger partial charge in [0.25, 0.3) is 0 Å². The van der Waals surface area contributed by atoms with E-state index in [4.69, 9.17) is 5.73 Å². The maximum atomic E-state index is 6.07. The van der Waals surface area contributed by atoms with Crippen molar-refractivity contribution in [1.29, 1.82) is 0 Å². The molecule has 2 rings (SSSR count). The molecule has 0 aliphatic rings. The van der Waals surface area contributed by atoms with Crippen LogP contribution in [0.2, 0.25) is 0 Å². The SMILES string of the molecule is CN(Cc1ccsc1)C(C)(CN)Cc1ccc(Br)cc1. The van der Waals surface area contributed by atoms with Gasteiger partial charge in [0.2, 0.25) is 0 Å². The molecule has 1 aromatic carbocycles. The van der Waals surface area contributed by atoms with Crippen LogP contribution in [-0.4, -0.2) is 24.0 Å². The maximum absolute atomic E-state index is 6.07. The number of thiophene rings is 1. The molecule has 20 heavy (non-hydrogen) atoms. The molecule has 4 heteroatoms. The summed E-state index contributed by atoms with van der Waals surface area (Å²) in [6.07, 6.45) is 0.956. The van der Waals surface area contributed by atoms with Crippen LogP contribution in [0.25, 0.3) is 0 Å². The fraction of sp³-hybridized carbons (Fsp3) is 0.375. The summed E-state index contributed by atoms with van der Waals surface area (Å²) in [7, 11) is 2.16. The molecule has 1 unspecified atom stereocenters. The highest BCUT2D eigenvalue weighted by atomic mass is 79.9. The molecular formula is C16H21BrN2S. The molecule has 0 aliphatic carbocycles. The Kier molecular flexibility index (Phi) is 5.38. The molecule has 0 amide bonds. The van der Waals surface area contributed by atoms with E-state index >= 15 is 0 Å². The number of likely N-dealkylation sites (N-methyl/N-ethyl adjacent to an activating group) is 1. The predicted octanol–water partition coefficient (Wildman–Crippen LogP) is 3.90. The van der Waals surface area contributed by atoms with Gasteiger partial charge in [-0.25, -0.2) is 0 Å². The molecule has 0 saturated carbocycles. The van der Waals surface area contributed by atoms with E-state index in [-0.39, 0.29) is 5.54 Å². The molecule has 2 aromatic rings. The molecule has 1 heterocycles. The molecule has 0 fully saturated rings. The predicted molar refractivity (Wildman–Crippen MR) is 91.1 cm³/mol. The van der Waals surface area contributed by atoms with Crippen molar-refractivity contribution in [3.63, 3.8) is 0 Å². The zero-order valence-corrected chi connectivity index (χ0v) is 14.4. The minimum Gasteiger partial charge on any atom is -0.329 e. The number of benzene rings is 1. The number of rotatable bonds is 6. The van der Waals surface area contributed by atoms with Crippen LogP contribution in [0.1, 0.15) is 18.1 Å². The van der Waals surface area contributed by atoms with E-state index in [0.29, 0.717) is 6.54 Å². The number of halogens is 1. The highest BCUT2D eigenvalue weighted by Gasteiger charge is 2.28. The van der Waals surface area contributed by atoms with Crippen LogP contribution in [0.15, 0.2) is 45.6 Å². The Hall–Kier alpha value is -0.680. The lowest BCUT2D eigenvalue weighted by Gasteiger charge is -2.38. The number of hydrogen-bond acceptors (Lipinski definition) is 3. The quantitative estimate of drug-likeness (QED) is 0.853. The standard InChI is InChI=1S/C16H21BrN2S/c1-16(12-18,9-13-3-5-15(17)6-4-13)19(2)10-14-7-8-20-11-14/h3-8,11H,9-10,12,18H2,1-2H3. The average molecular weight is 353 g/mol. The summed E-state index contributed by atoms with van der Waals surface area (Å²) < 4.78 is 1.11. The summed E-state index contributed by atoms with van der Waals surface area (Å²) in [5.74, 6) is 0. The largest absolute Gasteiger partial charge is 0.329 e. The minimum atomic E-state index is -0.0320. The maximum Gasteiger partial charge on any atom is 0.0344 e. The molecule has 1 atom stereocenters. The van der Waals surface area contributed by atoms with Gasteiger partial charge in [0.1, 0.15) is 0 Å². The second-order valence-electron chi connectivity index (χ2n) is 5.49. The van der Waals surface area contributed by atoms with Crippen molar-refractivity contribution in [2.45, 2.75) is 25.4 Å². The Morgan fingerprint density at radius 1 is 1.20 bits per heavy atom. The van der Waals surface area contributed by atoms with Gasteiger partial charge < -0.3 is 5.73 Å². The van der Waals surface area contributed by atoms with E-state index in [9.17, 15) is 0 Å². The van der Waals surface area contributed by atoms with Crippen LogP contribution in [0.3, 0.4) is 0 Å². The van der Waals surface area contributed by atoms with E-state index in [2.05, 4.69) is 75.9 Å². The van der Waals surface area contributed by atoms with Crippen LogP contribution < -0.4 is 5.73 Å². The smallest absolute Gasteiger partial charge is 0.0344 e. The van der Waals surface area contributed by atoms with E-state index in [0.717, 1.165) is 17.4 Å². The molecule has 1 aromatic heterocycles. The molecule has 108 valence electrons. The Morgan fingerprint density at radius 3 is 2.45 bits per heavy atom. The molecule has 0 radical (unpaired) electrons. The number of hydrogen-bond donors (Lipinski definition) is 1. The van der Waals surface area contributed by atoms with Gasteiger partial charge in [0.15, 0.2) is 0 Å². The van der Waals surface area contributed by atoms with Crippen molar-refractivity contribution < 1.29 is 0 Å². The summed E-state index contributed by atoms with van der Waals surface area (Å²) in [4.78, 5) is 2.36. The molecule has 2 N–H and O–H groups in total. The zero-order chi connectivity index (χ0) is 14.6. The van der Waals surface area contributed by atoms with Crippen molar-refractivity contribution in [3.05, 3.63) is 56.7 Å². The van der Waals surface area contributed by atoms with Gasteiger partial charge in [-0.05, 0) is 60.5 Å². The van der Waals surface area contributed by atoms with Gasteiger partial charge >= 0.3 is 0 Å². The fourth-order valence-electron chi connectivity index (χ4n) is 2.25. The minimum absolute atomic E-state index is 0.0320. The molecule has 0 aliphatic heterocycles. The molecule has 0 spiro atoms. The molecular weight excluding hydrogens is 332 g/mol. The van der Waals surface area contributed by atoms with Crippen molar-refractivity contribution in [1.82, 2.24) is 4.90 Å². The zero-order valence-electron chi connectivity index (χ0n) is 12.0. The van der Waals surface area contributed by atoms with Gasteiger partial charge in [-0.1, -0.05) is 28.1 Å². The third-order valence-electron chi connectivity index (χ3n) is 3.86. The number of nitrogens with zero attached hydrogens (tertiary/aromatic N) is 1. The van der Waals surface area contributed by atoms with E-state index in [1.807, 2.05) is 0 Å². The summed E-state index contributed by atoms with van der Waals surface area (Å²) in [6.45, 7) is 3.82. The normalized spacial score (nSPS) is 14.4. The van der Waals surface area contributed by atoms with Crippen LogP contribution >= 0.6 is 27.3 Å². The van der Waals surface area contributed by atoms with E-state index in [1.54, 1.807) is 11.3 Å². The number of nitrogens with two attached hydrogens (primary N) is 1. The van der Waals surface area contributed by atoms with Crippen LogP contribution in [-0.2, 0) is 13.0 Å². The van der Waals surface area contributed by atoms with Crippen LogP contribution in [0, 0.1) is 0 Å². The van der Waals surface area contributed by atoms with Crippen molar-refractivity contribution >= 4 is 27.3 Å². The fourth-order valence-corrected chi connectivity index (χ4v) is 3.18. The summed E-state index contributed by atoms with van der Waals surface area (Å²) in [6, 6.07) is 10.7. The molecule has 2 nitrogen and oxygen atoms in total. The Labute approximate surface area is 133 Å². The van der Waals surface area contributed by atoms with Crippen molar-refractivity contribution in [3.8, 4) is 0 Å². The molecule has 0 bridgehead atoms. The first-order valence-electron chi connectivity index (χ1n) is 6.70. The molecule has 0 saturated heterocycles. The van der Waals surface area contributed by atoms with E-state index in [1.165, 1.54) is 11.1 Å². The Morgan fingerprint density at radius 2 is 1.90 bits per heavy atom. The van der Waals surface area contributed by atoms with Gasteiger partial charge in [-0.15, -0.1) is 0 Å². The summed E-state index contributed by atoms with van der Waals surface area (Å²) in [5.41, 5.74) is 8.71. The summed E-state index contributed by atoms with van der Waals surface area (Å²) >= 11 is 5.22. The third-order valence-corrected chi connectivity index (χ3v) is 5.12. The summed E-state index contributed by atoms with van der Waals surface area (Å²) in [5, 5.41) is 4.32. The topological polar surface area (TPSA) is 29.3 Å².